The molecule has 1 unspecified atom stereocenters. The summed E-state index contributed by atoms with van der Waals surface area (Å²) in [6.45, 7) is 4.32. The second kappa shape index (κ2) is 8.29. The second-order valence-electron chi connectivity index (χ2n) is 6.15. The molecule has 3 rings (SSSR count). The van der Waals surface area contributed by atoms with Crippen molar-refractivity contribution < 1.29 is 9.53 Å². The number of benzene rings is 2. The molecule has 6 heteroatoms. The van der Waals surface area contributed by atoms with Gasteiger partial charge in [0.1, 0.15) is 18.1 Å². The summed E-state index contributed by atoms with van der Waals surface area (Å²) < 4.78 is 5.77. The van der Waals surface area contributed by atoms with Gasteiger partial charge in [0.25, 0.3) is 0 Å². The molecule has 0 spiro atoms. The number of hydrogen-bond donors (Lipinski definition) is 2. The molecule has 134 valence electrons. The first kappa shape index (κ1) is 17.7. The largest absolute Gasteiger partial charge is 0.493 e. The normalized spacial score (nSPS) is 11.8. The third-order valence-corrected chi connectivity index (χ3v) is 4.08. The Balaban J connectivity index is 1.61. The molecule has 0 aliphatic carbocycles. The van der Waals surface area contributed by atoms with Crippen LogP contribution in [0.5, 0.6) is 5.75 Å². The van der Waals surface area contributed by atoms with Crippen LogP contribution in [0.4, 0.5) is 0 Å². The number of amides is 1. The van der Waals surface area contributed by atoms with Crippen molar-refractivity contribution in [2.45, 2.75) is 26.3 Å². The second-order valence-corrected chi connectivity index (χ2v) is 6.15. The highest BCUT2D eigenvalue weighted by atomic mass is 16.5. The predicted molar refractivity (Wildman–Crippen MR) is 98.8 cm³/mol. The van der Waals surface area contributed by atoms with Gasteiger partial charge in [-0.2, -0.15) is 5.10 Å². The first-order valence-corrected chi connectivity index (χ1v) is 8.53. The van der Waals surface area contributed by atoms with Gasteiger partial charge in [0.15, 0.2) is 5.82 Å². The summed E-state index contributed by atoms with van der Waals surface area (Å²) in [6.07, 6.45) is 1.69. The van der Waals surface area contributed by atoms with Gasteiger partial charge < -0.3 is 10.1 Å². The number of carbonyl (C=O) groups is 1. The number of nitrogens with zero attached hydrogens (tertiary/aromatic N) is 2. The molecule has 2 N–H and O–H groups in total. The summed E-state index contributed by atoms with van der Waals surface area (Å²) in [5.41, 5.74) is 3.12. The highest BCUT2D eigenvalue weighted by Gasteiger charge is 2.19. The Hall–Kier alpha value is -3.15. The Morgan fingerprint density at radius 2 is 2.00 bits per heavy atom. The van der Waals surface area contributed by atoms with Crippen LogP contribution in [0.25, 0.3) is 0 Å². The lowest BCUT2D eigenvalue weighted by atomic mass is 10.1. The van der Waals surface area contributed by atoms with Crippen molar-refractivity contribution in [2.75, 3.05) is 6.61 Å². The maximum atomic E-state index is 12.4. The van der Waals surface area contributed by atoms with Gasteiger partial charge in [-0.25, -0.2) is 4.98 Å². The van der Waals surface area contributed by atoms with Gasteiger partial charge in [-0.15, -0.1) is 0 Å². The number of aromatic nitrogens is 3. The molecule has 0 bridgehead atoms. The summed E-state index contributed by atoms with van der Waals surface area (Å²) in [4.78, 5) is 16.6. The summed E-state index contributed by atoms with van der Waals surface area (Å²) in [7, 11) is 0. The van der Waals surface area contributed by atoms with Crippen molar-refractivity contribution >= 4 is 5.91 Å². The summed E-state index contributed by atoms with van der Waals surface area (Å²) in [5, 5.41) is 9.71. The van der Waals surface area contributed by atoms with Crippen molar-refractivity contribution in [3.63, 3.8) is 0 Å². The van der Waals surface area contributed by atoms with Crippen LogP contribution in [0.3, 0.4) is 0 Å². The average molecular weight is 350 g/mol. The molecular formula is C20H22N4O2. The van der Waals surface area contributed by atoms with Gasteiger partial charge in [0.05, 0.1) is 13.0 Å². The van der Waals surface area contributed by atoms with E-state index in [0.717, 1.165) is 22.4 Å². The topological polar surface area (TPSA) is 79.9 Å². The van der Waals surface area contributed by atoms with Gasteiger partial charge in [0, 0.05) is 0 Å². The third-order valence-electron chi connectivity index (χ3n) is 4.08. The number of aryl methyl sites for hydroxylation is 2. The Labute approximate surface area is 152 Å². The number of nitrogens with one attached hydrogen (secondary N) is 2. The van der Waals surface area contributed by atoms with Crippen LogP contribution in [0.2, 0.25) is 0 Å². The molecule has 0 aliphatic rings. The maximum Gasteiger partial charge on any atom is 0.224 e. The van der Waals surface area contributed by atoms with Crippen molar-refractivity contribution in [1.29, 1.82) is 0 Å². The minimum Gasteiger partial charge on any atom is -0.493 e. The summed E-state index contributed by atoms with van der Waals surface area (Å²) in [6, 6.07) is 15.3. The van der Waals surface area contributed by atoms with Gasteiger partial charge in [-0.05, 0) is 36.6 Å². The average Bonchev–Trinajstić information content (AvgIpc) is 3.18. The van der Waals surface area contributed by atoms with E-state index in [4.69, 9.17) is 4.74 Å². The van der Waals surface area contributed by atoms with Crippen molar-refractivity contribution in [2.24, 2.45) is 0 Å². The highest BCUT2D eigenvalue weighted by molar-refractivity contribution is 5.77. The fraction of sp³-hybridized carbons (Fsp3) is 0.250. The van der Waals surface area contributed by atoms with E-state index in [1.807, 2.05) is 62.4 Å². The molecule has 0 saturated heterocycles. The molecule has 0 saturated carbocycles. The van der Waals surface area contributed by atoms with E-state index in [1.165, 1.54) is 6.33 Å². The standard InChI is InChI=1S/C20H22N4O2/c1-14-8-9-15(2)17(12-14)26-11-10-18(25)23-19(20-21-13-22-24-20)16-6-4-3-5-7-16/h3-9,12-13,19H,10-11H2,1-2H3,(H,23,25)(H,21,22,24). The van der Waals surface area contributed by atoms with E-state index >= 15 is 0 Å². The molecule has 0 radical (unpaired) electrons. The molecule has 1 heterocycles. The Kier molecular flexibility index (Phi) is 5.63. The van der Waals surface area contributed by atoms with Crippen LogP contribution in [-0.4, -0.2) is 27.7 Å². The molecule has 2 aromatic carbocycles. The number of aromatic amines is 1. The zero-order chi connectivity index (χ0) is 18.4. The van der Waals surface area contributed by atoms with Crippen molar-refractivity contribution in [3.05, 3.63) is 77.4 Å². The molecule has 0 fully saturated rings. The SMILES string of the molecule is Cc1ccc(C)c(OCCC(=O)NC(c2ccccc2)c2ncn[nH]2)c1. The van der Waals surface area contributed by atoms with E-state index in [1.54, 1.807) is 0 Å². The van der Waals surface area contributed by atoms with E-state index in [0.29, 0.717) is 12.4 Å². The Morgan fingerprint density at radius 1 is 1.19 bits per heavy atom. The van der Waals surface area contributed by atoms with Crippen LogP contribution in [0.15, 0.2) is 54.9 Å². The minimum atomic E-state index is -0.369. The lowest BCUT2D eigenvalue weighted by Crippen LogP contribution is -2.31. The fourth-order valence-corrected chi connectivity index (χ4v) is 2.66. The first-order valence-electron chi connectivity index (χ1n) is 8.53. The number of H-pyrrole nitrogens is 1. The third kappa shape index (κ3) is 4.47. The van der Waals surface area contributed by atoms with E-state index in [2.05, 4.69) is 20.5 Å². The van der Waals surface area contributed by atoms with Crippen molar-refractivity contribution in [1.82, 2.24) is 20.5 Å². The van der Waals surface area contributed by atoms with Crippen LogP contribution < -0.4 is 10.1 Å². The molecule has 0 aliphatic heterocycles. The number of carbonyl (C=O) groups excluding carboxylic acids is 1. The smallest absolute Gasteiger partial charge is 0.224 e. The number of rotatable bonds is 7. The fourth-order valence-electron chi connectivity index (χ4n) is 2.66. The first-order chi connectivity index (χ1) is 12.6. The lowest BCUT2D eigenvalue weighted by molar-refractivity contribution is -0.122. The predicted octanol–water partition coefficient (Wildman–Crippen LogP) is 3.10. The molecule has 6 nitrogen and oxygen atoms in total. The lowest BCUT2D eigenvalue weighted by Gasteiger charge is -2.17. The summed E-state index contributed by atoms with van der Waals surface area (Å²) in [5.74, 6) is 1.30. The number of hydrogen-bond acceptors (Lipinski definition) is 4. The van der Waals surface area contributed by atoms with E-state index < -0.39 is 0 Å². The zero-order valence-electron chi connectivity index (χ0n) is 14.9. The molecule has 1 atom stereocenters. The van der Waals surface area contributed by atoms with Crippen LogP contribution in [0, 0.1) is 13.8 Å². The van der Waals surface area contributed by atoms with Crippen LogP contribution in [-0.2, 0) is 4.79 Å². The monoisotopic (exact) mass is 350 g/mol. The molecule has 3 aromatic rings. The quantitative estimate of drug-likeness (QED) is 0.686. The number of ether oxygens (including phenoxy) is 1. The minimum absolute atomic E-state index is 0.111. The summed E-state index contributed by atoms with van der Waals surface area (Å²) >= 11 is 0. The highest BCUT2D eigenvalue weighted by Crippen LogP contribution is 2.20. The van der Waals surface area contributed by atoms with Crippen LogP contribution in [0.1, 0.15) is 35.0 Å². The Morgan fingerprint density at radius 3 is 2.73 bits per heavy atom. The van der Waals surface area contributed by atoms with Crippen molar-refractivity contribution in [3.8, 4) is 5.75 Å². The molecule has 26 heavy (non-hydrogen) atoms. The molecular weight excluding hydrogens is 328 g/mol. The van der Waals surface area contributed by atoms with E-state index in [-0.39, 0.29) is 18.4 Å². The van der Waals surface area contributed by atoms with Gasteiger partial charge in [-0.1, -0.05) is 42.5 Å². The Bertz CT molecular complexity index is 848. The molecule has 1 aromatic heterocycles. The zero-order valence-corrected chi connectivity index (χ0v) is 14.9. The van der Waals surface area contributed by atoms with E-state index in [9.17, 15) is 4.79 Å². The maximum absolute atomic E-state index is 12.4. The van der Waals surface area contributed by atoms with Gasteiger partial charge >= 0.3 is 0 Å². The van der Waals surface area contributed by atoms with Crippen LogP contribution >= 0.6 is 0 Å². The van der Waals surface area contributed by atoms with Gasteiger partial charge in [-0.3, -0.25) is 9.89 Å². The van der Waals surface area contributed by atoms with Gasteiger partial charge in [0.2, 0.25) is 5.91 Å². The molecule has 1 amide bonds.